The first-order valence-corrected chi connectivity index (χ1v) is 11.3. The van der Waals surface area contributed by atoms with E-state index in [2.05, 4.69) is 9.97 Å². The van der Waals surface area contributed by atoms with Crippen molar-refractivity contribution in [1.29, 1.82) is 0 Å². The Morgan fingerprint density at radius 1 is 0.968 bits per heavy atom. The minimum Gasteiger partial charge on any atom is -0.496 e. The molecule has 2 aromatic carbocycles. The SMILES string of the molecule is COc1ccccc1-c1nc(COC(=O)c2csc(COc3ccc(C)cc3)n2)cs1. The van der Waals surface area contributed by atoms with E-state index >= 15 is 0 Å². The molecule has 0 spiro atoms. The second kappa shape index (κ2) is 9.72. The number of para-hydroxylation sites is 1. The van der Waals surface area contributed by atoms with Crippen LogP contribution in [0.25, 0.3) is 10.6 Å². The van der Waals surface area contributed by atoms with Gasteiger partial charge in [0.25, 0.3) is 0 Å². The number of rotatable bonds is 8. The lowest BCUT2D eigenvalue weighted by Crippen LogP contribution is -2.06. The summed E-state index contributed by atoms with van der Waals surface area (Å²) in [6.07, 6.45) is 0. The molecule has 8 heteroatoms. The van der Waals surface area contributed by atoms with Crippen LogP contribution in [0, 0.1) is 6.92 Å². The van der Waals surface area contributed by atoms with Crippen LogP contribution in [-0.4, -0.2) is 23.0 Å². The molecule has 4 aromatic rings. The van der Waals surface area contributed by atoms with Crippen LogP contribution < -0.4 is 9.47 Å². The first-order valence-electron chi connectivity index (χ1n) is 9.51. The molecule has 0 unspecified atom stereocenters. The number of aromatic nitrogens is 2. The standard InChI is InChI=1S/C23H20N2O4S2/c1-15-7-9-17(10-8-15)28-12-21-25-19(14-30-21)23(26)29-11-16-13-31-22(24-16)18-5-3-4-6-20(18)27-2/h3-10,13-14H,11-12H2,1-2H3. The second-order valence-electron chi connectivity index (χ2n) is 6.65. The molecule has 0 fully saturated rings. The Morgan fingerprint density at radius 2 is 1.77 bits per heavy atom. The van der Waals surface area contributed by atoms with Crippen molar-refractivity contribution in [2.24, 2.45) is 0 Å². The zero-order chi connectivity index (χ0) is 21.6. The fraction of sp³-hybridized carbons (Fsp3) is 0.174. The number of aryl methyl sites for hydroxylation is 1. The van der Waals surface area contributed by atoms with Crippen LogP contribution in [0.5, 0.6) is 11.5 Å². The summed E-state index contributed by atoms with van der Waals surface area (Å²) < 4.78 is 16.5. The maximum absolute atomic E-state index is 12.4. The van der Waals surface area contributed by atoms with E-state index in [1.165, 1.54) is 28.2 Å². The molecule has 2 heterocycles. The van der Waals surface area contributed by atoms with Crippen LogP contribution in [0.15, 0.2) is 59.3 Å². The minimum absolute atomic E-state index is 0.0806. The predicted molar refractivity (Wildman–Crippen MR) is 121 cm³/mol. The van der Waals surface area contributed by atoms with Crippen molar-refractivity contribution in [2.75, 3.05) is 7.11 Å². The number of carbonyl (C=O) groups excluding carboxylic acids is 1. The zero-order valence-corrected chi connectivity index (χ0v) is 18.7. The van der Waals surface area contributed by atoms with E-state index in [4.69, 9.17) is 14.2 Å². The Morgan fingerprint density at radius 3 is 2.58 bits per heavy atom. The van der Waals surface area contributed by atoms with Gasteiger partial charge in [-0.2, -0.15) is 0 Å². The van der Waals surface area contributed by atoms with Gasteiger partial charge in [0.1, 0.15) is 34.7 Å². The number of nitrogens with zero attached hydrogens (tertiary/aromatic N) is 2. The fourth-order valence-corrected chi connectivity index (χ4v) is 4.29. The number of thiazole rings is 2. The van der Waals surface area contributed by atoms with Crippen LogP contribution in [0.1, 0.15) is 26.8 Å². The molecule has 0 saturated carbocycles. The molecule has 31 heavy (non-hydrogen) atoms. The number of methoxy groups -OCH3 is 1. The van der Waals surface area contributed by atoms with E-state index in [1.54, 1.807) is 12.5 Å². The molecule has 0 aliphatic carbocycles. The number of ether oxygens (including phenoxy) is 3. The highest BCUT2D eigenvalue weighted by molar-refractivity contribution is 7.13. The Hall–Kier alpha value is -3.23. The summed E-state index contributed by atoms with van der Waals surface area (Å²) in [7, 11) is 1.63. The van der Waals surface area contributed by atoms with Crippen molar-refractivity contribution >= 4 is 28.6 Å². The number of hydrogen-bond donors (Lipinski definition) is 0. The van der Waals surface area contributed by atoms with Gasteiger partial charge in [-0.1, -0.05) is 29.8 Å². The lowest BCUT2D eigenvalue weighted by Gasteiger charge is -2.04. The third-order valence-corrected chi connectivity index (χ3v) is 6.13. The summed E-state index contributed by atoms with van der Waals surface area (Å²) in [4.78, 5) is 21.2. The molecule has 0 bridgehead atoms. The number of benzene rings is 2. The van der Waals surface area contributed by atoms with Crippen molar-refractivity contribution in [3.8, 4) is 22.1 Å². The highest BCUT2D eigenvalue weighted by Gasteiger charge is 2.15. The van der Waals surface area contributed by atoms with Gasteiger partial charge >= 0.3 is 5.97 Å². The van der Waals surface area contributed by atoms with Gasteiger partial charge in [-0.05, 0) is 31.2 Å². The topological polar surface area (TPSA) is 70.5 Å². The molecule has 0 atom stereocenters. The number of hydrogen-bond acceptors (Lipinski definition) is 8. The third-order valence-electron chi connectivity index (χ3n) is 4.38. The molecular weight excluding hydrogens is 432 g/mol. The average Bonchev–Trinajstić information content (AvgIpc) is 3.47. The van der Waals surface area contributed by atoms with Crippen molar-refractivity contribution < 1.29 is 19.0 Å². The normalized spacial score (nSPS) is 10.6. The van der Waals surface area contributed by atoms with E-state index in [1.807, 2.05) is 60.8 Å². The van der Waals surface area contributed by atoms with Crippen molar-refractivity contribution in [3.05, 3.63) is 81.2 Å². The third kappa shape index (κ3) is 5.28. The first-order chi connectivity index (χ1) is 15.1. The Balaban J connectivity index is 1.32. The quantitative estimate of drug-likeness (QED) is 0.328. The first kappa shape index (κ1) is 21.0. The summed E-state index contributed by atoms with van der Waals surface area (Å²) in [5, 5.41) is 5.07. The predicted octanol–water partition coefficient (Wildman–Crippen LogP) is 5.52. The molecule has 6 nitrogen and oxygen atoms in total. The van der Waals surface area contributed by atoms with Gasteiger partial charge in [0.15, 0.2) is 5.69 Å². The molecule has 4 rings (SSSR count). The molecule has 0 amide bonds. The summed E-state index contributed by atoms with van der Waals surface area (Å²) in [5.74, 6) is 1.03. The van der Waals surface area contributed by atoms with E-state index in [-0.39, 0.29) is 12.3 Å². The number of esters is 1. The van der Waals surface area contributed by atoms with E-state index in [0.29, 0.717) is 17.3 Å². The summed E-state index contributed by atoms with van der Waals surface area (Å²) in [6, 6.07) is 15.5. The van der Waals surface area contributed by atoms with Gasteiger partial charge in [-0.15, -0.1) is 22.7 Å². The maximum atomic E-state index is 12.4. The molecule has 158 valence electrons. The molecule has 0 radical (unpaired) electrons. The average molecular weight is 453 g/mol. The van der Waals surface area contributed by atoms with Crippen molar-refractivity contribution in [2.45, 2.75) is 20.1 Å². The van der Waals surface area contributed by atoms with Gasteiger partial charge in [0.2, 0.25) is 0 Å². The Kier molecular flexibility index (Phi) is 6.59. The van der Waals surface area contributed by atoms with Gasteiger partial charge in [0, 0.05) is 10.8 Å². The highest BCUT2D eigenvalue weighted by Crippen LogP contribution is 2.32. The van der Waals surface area contributed by atoms with E-state index < -0.39 is 5.97 Å². The molecular formula is C23H20N2O4S2. The summed E-state index contributed by atoms with van der Waals surface area (Å²) in [6.45, 7) is 2.40. The Labute approximate surface area is 188 Å². The smallest absolute Gasteiger partial charge is 0.358 e. The number of carbonyl (C=O) groups is 1. The molecule has 0 aliphatic heterocycles. The van der Waals surface area contributed by atoms with E-state index in [9.17, 15) is 4.79 Å². The summed E-state index contributed by atoms with van der Waals surface area (Å²) >= 11 is 2.84. The van der Waals surface area contributed by atoms with Gasteiger partial charge < -0.3 is 14.2 Å². The van der Waals surface area contributed by atoms with Crippen LogP contribution in [-0.2, 0) is 18.0 Å². The Bertz CT molecular complexity index is 1170. The van der Waals surface area contributed by atoms with Crippen LogP contribution in [0.3, 0.4) is 0 Å². The molecule has 0 saturated heterocycles. The molecule has 0 N–H and O–H groups in total. The summed E-state index contributed by atoms with van der Waals surface area (Å²) in [5.41, 5.74) is 3.03. The van der Waals surface area contributed by atoms with Crippen LogP contribution in [0.4, 0.5) is 0 Å². The fourth-order valence-electron chi connectivity index (χ4n) is 2.78. The minimum atomic E-state index is -0.482. The molecule has 2 aromatic heterocycles. The van der Waals surface area contributed by atoms with Crippen molar-refractivity contribution in [1.82, 2.24) is 9.97 Å². The molecule has 0 aliphatic rings. The largest absolute Gasteiger partial charge is 0.496 e. The maximum Gasteiger partial charge on any atom is 0.358 e. The van der Waals surface area contributed by atoms with Crippen molar-refractivity contribution in [3.63, 3.8) is 0 Å². The van der Waals surface area contributed by atoms with Gasteiger partial charge in [-0.25, -0.2) is 14.8 Å². The monoisotopic (exact) mass is 452 g/mol. The van der Waals surface area contributed by atoms with E-state index in [0.717, 1.165) is 22.1 Å². The van der Waals surface area contributed by atoms with Crippen LogP contribution >= 0.6 is 22.7 Å². The highest BCUT2D eigenvalue weighted by atomic mass is 32.1. The van der Waals surface area contributed by atoms with Crippen LogP contribution in [0.2, 0.25) is 0 Å². The zero-order valence-electron chi connectivity index (χ0n) is 17.0. The van der Waals surface area contributed by atoms with Gasteiger partial charge in [0.05, 0.1) is 18.4 Å². The van der Waals surface area contributed by atoms with Gasteiger partial charge in [-0.3, -0.25) is 0 Å². The second-order valence-corrected chi connectivity index (χ2v) is 8.45. The lowest BCUT2D eigenvalue weighted by molar-refractivity contribution is 0.0462. The lowest BCUT2D eigenvalue weighted by atomic mass is 10.2.